The first-order valence-corrected chi connectivity index (χ1v) is 14.2. The second kappa shape index (κ2) is 10.2. The molecule has 2 atom stereocenters. The van der Waals surface area contributed by atoms with Crippen LogP contribution in [-0.4, -0.2) is 54.8 Å². The molecule has 2 aliphatic rings. The number of nitrogens with two attached hydrogens (primary N) is 1. The van der Waals surface area contributed by atoms with Crippen LogP contribution >= 0.6 is 0 Å². The summed E-state index contributed by atoms with van der Waals surface area (Å²) in [6.07, 6.45) is 4.22. The Morgan fingerprint density at radius 2 is 1.87 bits per heavy atom. The van der Waals surface area contributed by atoms with Gasteiger partial charge in [-0.2, -0.15) is 0 Å². The first-order valence-electron chi connectivity index (χ1n) is 12.3. The average Bonchev–Trinajstić information content (AvgIpc) is 3.24. The fraction of sp³-hybridized carbons (Fsp3) is 0.346. The topological polar surface area (TPSA) is 139 Å². The van der Waals surface area contributed by atoms with E-state index < -0.39 is 55.5 Å². The van der Waals surface area contributed by atoms with E-state index in [-0.39, 0.29) is 11.7 Å². The van der Waals surface area contributed by atoms with Crippen molar-refractivity contribution in [1.82, 2.24) is 9.97 Å². The van der Waals surface area contributed by atoms with Gasteiger partial charge in [-0.15, -0.1) is 0 Å². The Kier molecular flexibility index (Phi) is 7.08. The smallest absolute Gasteiger partial charge is 0.274 e. The van der Waals surface area contributed by atoms with Crippen LogP contribution in [0, 0.1) is 17.5 Å². The predicted octanol–water partition coefficient (Wildman–Crippen LogP) is 3.12. The number of amides is 1. The van der Waals surface area contributed by atoms with Crippen LogP contribution in [0.25, 0.3) is 11.3 Å². The number of sulfone groups is 1. The van der Waals surface area contributed by atoms with Crippen molar-refractivity contribution in [3.05, 3.63) is 64.9 Å². The molecule has 3 heterocycles. The highest BCUT2D eigenvalue weighted by Crippen LogP contribution is 2.41. The van der Waals surface area contributed by atoms with E-state index in [2.05, 4.69) is 15.3 Å². The third kappa shape index (κ3) is 5.21. The highest BCUT2D eigenvalue weighted by Gasteiger charge is 2.31. The summed E-state index contributed by atoms with van der Waals surface area (Å²) in [5.74, 6) is -4.57. The van der Waals surface area contributed by atoms with Crippen LogP contribution in [0.5, 0.6) is 0 Å². The Morgan fingerprint density at radius 1 is 1.15 bits per heavy atom. The first-order chi connectivity index (χ1) is 18.4. The number of piperidine rings is 1. The minimum atomic E-state index is -3.93. The van der Waals surface area contributed by atoms with Gasteiger partial charge in [-0.3, -0.25) is 9.78 Å². The van der Waals surface area contributed by atoms with Gasteiger partial charge >= 0.3 is 0 Å². The molecule has 0 spiro atoms. The number of aliphatic hydroxyl groups excluding tert-OH is 1. The van der Waals surface area contributed by atoms with Gasteiger partial charge in [0.2, 0.25) is 0 Å². The fourth-order valence-corrected chi connectivity index (χ4v) is 5.73. The number of benzene rings is 1. The third-order valence-electron chi connectivity index (χ3n) is 6.95. The van der Waals surface area contributed by atoms with Crippen LogP contribution < -0.4 is 16.0 Å². The number of nitrogens with one attached hydrogen (secondary N) is 1. The van der Waals surface area contributed by atoms with Gasteiger partial charge in [0.05, 0.1) is 39.8 Å². The molecular weight excluding hydrogens is 535 g/mol. The molecule has 1 aliphatic carbocycles. The summed E-state index contributed by atoms with van der Waals surface area (Å²) in [7, 11) is -3.93. The van der Waals surface area contributed by atoms with Crippen molar-refractivity contribution in [1.29, 1.82) is 0 Å². The average molecular weight is 562 g/mol. The van der Waals surface area contributed by atoms with Gasteiger partial charge in [-0.25, -0.2) is 26.6 Å². The van der Waals surface area contributed by atoms with Crippen molar-refractivity contribution in [2.75, 3.05) is 29.6 Å². The lowest BCUT2D eigenvalue weighted by molar-refractivity contribution is 0.102. The zero-order valence-electron chi connectivity index (χ0n) is 20.9. The number of pyridine rings is 2. The van der Waals surface area contributed by atoms with Crippen molar-refractivity contribution in [2.24, 2.45) is 5.73 Å². The zero-order valence-corrected chi connectivity index (χ0v) is 21.7. The number of aromatic nitrogens is 2. The van der Waals surface area contributed by atoms with E-state index >= 15 is 0 Å². The van der Waals surface area contributed by atoms with Gasteiger partial charge in [0.15, 0.2) is 9.84 Å². The molecule has 9 nitrogen and oxygen atoms in total. The number of rotatable bonds is 5. The molecule has 0 saturated carbocycles. The van der Waals surface area contributed by atoms with Crippen molar-refractivity contribution < 1.29 is 31.5 Å². The van der Waals surface area contributed by atoms with E-state index in [0.29, 0.717) is 55.1 Å². The minimum absolute atomic E-state index is 0.0716. The number of hydrogen-bond acceptors (Lipinski definition) is 8. The van der Waals surface area contributed by atoms with Crippen molar-refractivity contribution >= 4 is 27.1 Å². The Morgan fingerprint density at radius 3 is 2.54 bits per heavy atom. The Bertz CT molecular complexity index is 1560. The van der Waals surface area contributed by atoms with E-state index in [1.807, 2.05) is 4.90 Å². The molecule has 0 radical (unpaired) electrons. The lowest BCUT2D eigenvalue weighted by Gasteiger charge is -2.35. The maximum absolute atomic E-state index is 14.8. The van der Waals surface area contributed by atoms with E-state index in [1.165, 1.54) is 6.20 Å². The van der Waals surface area contributed by atoms with Crippen molar-refractivity contribution in [3.63, 3.8) is 0 Å². The molecule has 0 bridgehead atoms. The van der Waals surface area contributed by atoms with Crippen LogP contribution in [0.4, 0.5) is 24.5 Å². The molecule has 39 heavy (non-hydrogen) atoms. The molecule has 3 aromatic rings. The quantitative estimate of drug-likeness (QED) is 0.432. The molecular formula is C26H26F3N5O4S. The maximum Gasteiger partial charge on any atom is 0.274 e. The number of aliphatic hydroxyl groups is 1. The van der Waals surface area contributed by atoms with E-state index in [4.69, 9.17) is 5.73 Å². The monoisotopic (exact) mass is 561 g/mol. The van der Waals surface area contributed by atoms with Crippen molar-refractivity contribution in [3.8, 4) is 11.3 Å². The second-order valence-electron chi connectivity index (χ2n) is 9.80. The minimum Gasteiger partial charge on any atom is -0.387 e. The molecule has 13 heteroatoms. The summed E-state index contributed by atoms with van der Waals surface area (Å²) in [5, 5.41) is 13.1. The number of halogens is 3. The normalized spacial score (nSPS) is 19.2. The summed E-state index contributed by atoms with van der Waals surface area (Å²) in [6.45, 7) is 1.22. The number of carbonyl (C=O) groups is 1. The van der Waals surface area contributed by atoms with Crippen LogP contribution in [0.3, 0.4) is 0 Å². The van der Waals surface area contributed by atoms with E-state index in [1.54, 1.807) is 0 Å². The maximum atomic E-state index is 14.8. The van der Waals surface area contributed by atoms with Gasteiger partial charge in [-0.1, -0.05) is 0 Å². The summed E-state index contributed by atoms with van der Waals surface area (Å²) in [6, 6.07) is 2.99. The molecule has 1 unspecified atom stereocenters. The third-order valence-corrected chi connectivity index (χ3v) is 8.04. The molecule has 1 saturated heterocycles. The fourth-order valence-electron chi connectivity index (χ4n) is 5.09. The Hall–Kier alpha value is -3.55. The molecule has 4 N–H and O–H groups in total. The van der Waals surface area contributed by atoms with Gasteiger partial charge < -0.3 is 21.1 Å². The molecule has 1 amide bonds. The summed E-state index contributed by atoms with van der Waals surface area (Å²) < 4.78 is 67.7. The number of fused-ring (bicyclic) bond motifs is 1. The lowest BCUT2D eigenvalue weighted by Crippen LogP contribution is -2.43. The van der Waals surface area contributed by atoms with Crippen LogP contribution in [0.15, 0.2) is 35.4 Å². The molecule has 2 aromatic heterocycles. The summed E-state index contributed by atoms with van der Waals surface area (Å²) >= 11 is 0. The summed E-state index contributed by atoms with van der Waals surface area (Å²) in [4.78, 5) is 22.9. The molecule has 1 aliphatic heterocycles. The molecule has 1 aromatic carbocycles. The van der Waals surface area contributed by atoms with E-state index in [9.17, 15) is 31.5 Å². The Labute approximate surface area is 222 Å². The number of nitrogens with zero attached hydrogens (tertiary/aromatic N) is 3. The van der Waals surface area contributed by atoms with Gasteiger partial charge in [0, 0.05) is 31.0 Å². The Balaban J connectivity index is 1.52. The predicted molar refractivity (Wildman–Crippen MR) is 138 cm³/mol. The lowest BCUT2D eigenvalue weighted by atomic mass is 10.0. The highest BCUT2D eigenvalue weighted by molar-refractivity contribution is 7.90. The van der Waals surface area contributed by atoms with Gasteiger partial charge in [-0.05, 0) is 49.9 Å². The second-order valence-corrected chi connectivity index (χ2v) is 11.8. The van der Waals surface area contributed by atoms with Gasteiger partial charge in [0.25, 0.3) is 5.91 Å². The number of hydrogen-bond donors (Lipinski definition) is 3. The van der Waals surface area contributed by atoms with Crippen LogP contribution in [0.1, 0.15) is 47.1 Å². The molecule has 206 valence electrons. The summed E-state index contributed by atoms with van der Waals surface area (Å²) in [5.41, 5.74) is 6.54. The standard InChI is InChI=1S/C26H26F3N5O4S/c1-39(37,38)14-9-17(28)22(18(29)10-14)24-16(27)5-6-19(32-24)26(36)33-20-11-31-23-15(4-7-21(23)35)25(20)34-8-2-3-13(30)12-34/h5-6,9-11,13,21,35H,2-4,7-8,12,30H2,1H3,(H,33,36)/t13-,21?/m0/s1. The zero-order chi connectivity index (χ0) is 28.1. The van der Waals surface area contributed by atoms with E-state index in [0.717, 1.165) is 36.8 Å². The molecule has 5 rings (SSSR count). The van der Waals surface area contributed by atoms with Crippen LogP contribution in [0.2, 0.25) is 0 Å². The largest absolute Gasteiger partial charge is 0.387 e. The van der Waals surface area contributed by atoms with Crippen LogP contribution in [-0.2, 0) is 16.3 Å². The van der Waals surface area contributed by atoms with Crippen molar-refractivity contribution in [2.45, 2.75) is 42.7 Å². The number of anilines is 2. The first kappa shape index (κ1) is 27.0. The number of carbonyl (C=O) groups excluding carboxylic acids is 1. The highest BCUT2D eigenvalue weighted by atomic mass is 32.2. The van der Waals surface area contributed by atoms with Gasteiger partial charge in [0.1, 0.15) is 28.8 Å². The molecule has 1 fully saturated rings. The SMILES string of the molecule is CS(=O)(=O)c1cc(F)c(-c2nc(C(=O)Nc3cnc4c(c3N3CCC[C@H](N)C3)CCC4O)ccc2F)c(F)c1.